The number of hydrogen-bond acceptors (Lipinski definition) is 4. The van der Waals surface area contributed by atoms with Crippen LogP contribution in [0.25, 0.3) is 0 Å². The first kappa shape index (κ1) is 18.5. The van der Waals surface area contributed by atoms with Crippen LogP contribution >= 0.6 is 7.75 Å². The highest BCUT2D eigenvalue weighted by atomic mass is 31.2. The molecule has 0 saturated heterocycles. The van der Waals surface area contributed by atoms with E-state index in [1.165, 1.54) is 13.8 Å². The van der Waals surface area contributed by atoms with Gasteiger partial charge >= 0.3 is 13.7 Å². The van der Waals surface area contributed by atoms with E-state index in [0.29, 0.717) is 0 Å². The average Bonchev–Trinajstić information content (AvgIpc) is 2.22. The Morgan fingerprint density at radius 1 is 1.25 bits per heavy atom. The Labute approximate surface area is 114 Å². The van der Waals surface area contributed by atoms with E-state index in [9.17, 15) is 18.9 Å². The van der Waals surface area contributed by atoms with E-state index < -0.39 is 50.0 Å². The molecule has 7 N–H and O–H groups in total. The molecule has 0 aliphatic rings. The summed E-state index contributed by atoms with van der Waals surface area (Å²) in [6.45, 7) is 3.02. The molecule has 0 fully saturated rings. The van der Waals surface area contributed by atoms with Gasteiger partial charge in [0.1, 0.15) is 6.04 Å². The normalized spacial score (nSPS) is 14.7. The molecule has 0 aromatic rings. The number of amides is 2. The van der Waals surface area contributed by atoms with E-state index in [4.69, 9.17) is 20.6 Å². The largest absolute Gasteiger partial charge is 0.480 e. The average molecular weight is 311 g/mol. The Bertz CT molecular complexity index is 433. The fourth-order valence-corrected chi connectivity index (χ4v) is 2.13. The molecule has 116 valence electrons. The lowest BCUT2D eigenvalue weighted by Crippen LogP contribution is -2.52. The molecule has 0 aromatic heterocycles. The second-order valence-electron chi connectivity index (χ2n) is 4.46. The molecule has 0 aliphatic carbocycles. The molecule has 0 aromatic carbocycles. The van der Waals surface area contributed by atoms with Gasteiger partial charge in [0, 0.05) is 0 Å². The summed E-state index contributed by atoms with van der Waals surface area (Å²) in [6.07, 6.45) is -0.623. The number of aliphatic carboxylic acids is 1. The van der Waals surface area contributed by atoms with Gasteiger partial charge < -0.3 is 25.9 Å². The highest BCUT2D eigenvalue weighted by Gasteiger charge is 2.32. The summed E-state index contributed by atoms with van der Waals surface area (Å²) in [6, 6.07) is -2.87. The van der Waals surface area contributed by atoms with Crippen LogP contribution in [0.5, 0.6) is 0 Å². The van der Waals surface area contributed by atoms with Crippen LogP contribution in [0.2, 0.25) is 0 Å². The molecule has 0 heterocycles. The van der Waals surface area contributed by atoms with Crippen LogP contribution in [-0.4, -0.2) is 44.8 Å². The van der Waals surface area contributed by atoms with Gasteiger partial charge in [-0.2, -0.15) is 0 Å². The molecular formula is C9H18N3O7P. The van der Waals surface area contributed by atoms with Crippen LogP contribution in [0.4, 0.5) is 0 Å². The third kappa shape index (κ3) is 7.19. The summed E-state index contributed by atoms with van der Waals surface area (Å²) in [5, 5.41) is 12.6. The van der Waals surface area contributed by atoms with Gasteiger partial charge in [-0.15, -0.1) is 0 Å². The van der Waals surface area contributed by atoms with Crippen LogP contribution in [0.1, 0.15) is 20.3 Å². The van der Waals surface area contributed by atoms with Crippen molar-refractivity contribution in [3.05, 3.63) is 0 Å². The minimum absolute atomic E-state index is 0.523. The number of rotatable bonds is 8. The molecule has 0 radical (unpaired) electrons. The van der Waals surface area contributed by atoms with Crippen molar-refractivity contribution in [3.63, 3.8) is 0 Å². The molecular weight excluding hydrogens is 293 g/mol. The highest BCUT2D eigenvalue weighted by molar-refractivity contribution is 7.49. The lowest BCUT2D eigenvalue weighted by atomic mass is 10.0. The maximum Gasteiger partial charge on any atom is 0.401 e. The molecule has 2 amide bonds. The van der Waals surface area contributed by atoms with Crippen LogP contribution in [0.15, 0.2) is 0 Å². The maximum absolute atomic E-state index is 11.8. The summed E-state index contributed by atoms with van der Waals surface area (Å²) in [5.74, 6) is -3.87. The zero-order valence-corrected chi connectivity index (χ0v) is 11.8. The molecule has 0 bridgehead atoms. The minimum Gasteiger partial charge on any atom is -0.480 e. The van der Waals surface area contributed by atoms with Crippen LogP contribution in [0, 0.1) is 5.92 Å². The molecule has 0 saturated carbocycles. The Balaban J connectivity index is 4.94. The van der Waals surface area contributed by atoms with Crippen molar-refractivity contribution in [3.8, 4) is 0 Å². The fourth-order valence-electron chi connectivity index (χ4n) is 1.35. The summed E-state index contributed by atoms with van der Waals surface area (Å²) < 4.78 is 10.9. The van der Waals surface area contributed by atoms with Gasteiger partial charge in [-0.05, 0) is 5.92 Å². The van der Waals surface area contributed by atoms with E-state index in [-0.39, 0.29) is 0 Å². The number of nitrogens with one attached hydrogen (secondary N) is 2. The van der Waals surface area contributed by atoms with Crippen LogP contribution < -0.4 is 16.1 Å². The molecule has 0 aliphatic heterocycles. The summed E-state index contributed by atoms with van der Waals surface area (Å²) in [5.41, 5.74) is 4.85. The van der Waals surface area contributed by atoms with Crippen LogP contribution in [0.3, 0.4) is 0 Å². The number of carboxylic acids is 1. The summed E-state index contributed by atoms with van der Waals surface area (Å²) in [4.78, 5) is 51.0. The van der Waals surface area contributed by atoms with Crippen molar-refractivity contribution in [1.29, 1.82) is 0 Å². The quantitative estimate of drug-likeness (QED) is 0.282. The van der Waals surface area contributed by atoms with Gasteiger partial charge in [-0.1, -0.05) is 13.8 Å². The SMILES string of the molecule is CC(C)[C@H](NP(=O)(O)O)C(=O)N[C@@H](CC(N)=O)C(=O)O. The fraction of sp³-hybridized carbons (Fsp3) is 0.667. The first-order valence-electron chi connectivity index (χ1n) is 5.59. The zero-order valence-electron chi connectivity index (χ0n) is 10.9. The van der Waals surface area contributed by atoms with Crippen molar-refractivity contribution in [2.24, 2.45) is 11.7 Å². The summed E-state index contributed by atoms with van der Waals surface area (Å²) in [7, 11) is -4.67. The molecule has 0 spiro atoms. The zero-order chi connectivity index (χ0) is 16.1. The Hall–Kier alpha value is -1.48. The molecule has 10 nitrogen and oxygen atoms in total. The van der Waals surface area contributed by atoms with Crippen molar-refractivity contribution >= 4 is 25.5 Å². The Morgan fingerprint density at radius 3 is 2.05 bits per heavy atom. The second-order valence-corrected chi connectivity index (χ2v) is 5.81. The van der Waals surface area contributed by atoms with Gasteiger partial charge in [0.2, 0.25) is 11.8 Å². The monoisotopic (exact) mass is 311 g/mol. The Morgan fingerprint density at radius 2 is 1.75 bits per heavy atom. The van der Waals surface area contributed by atoms with Gasteiger partial charge in [-0.25, -0.2) is 14.4 Å². The van der Waals surface area contributed by atoms with Crippen LogP contribution in [-0.2, 0) is 18.9 Å². The number of primary amides is 1. The van der Waals surface area contributed by atoms with E-state index in [1.54, 1.807) is 5.09 Å². The predicted octanol–water partition coefficient (Wildman–Crippen LogP) is -1.86. The lowest BCUT2D eigenvalue weighted by molar-refractivity contribution is -0.143. The standard InChI is InChI=1S/C9H18N3O7P/c1-4(2)7(12-20(17,18)19)8(14)11-5(9(15)16)3-6(10)13/h4-5,7H,3H2,1-2H3,(H2,10,13)(H,11,14)(H,15,16)(H3,12,17,18,19)/t5-,7-/m0/s1. The number of nitrogens with two attached hydrogens (primary N) is 1. The number of carboxylic acid groups (broad SMARTS) is 1. The van der Waals surface area contributed by atoms with Gasteiger partial charge in [0.05, 0.1) is 12.5 Å². The van der Waals surface area contributed by atoms with E-state index >= 15 is 0 Å². The van der Waals surface area contributed by atoms with E-state index in [1.807, 2.05) is 5.32 Å². The van der Waals surface area contributed by atoms with E-state index in [2.05, 4.69) is 0 Å². The third-order valence-electron chi connectivity index (χ3n) is 2.28. The Kier molecular flexibility index (Phi) is 6.80. The molecule has 0 rings (SSSR count). The van der Waals surface area contributed by atoms with Crippen molar-refractivity contribution in [2.45, 2.75) is 32.4 Å². The first-order chi connectivity index (χ1) is 8.94. The summed E-state index contributed by atoms with van der Waals surface area (Å²) >= 11 is 0. The van der Waals surface area contributed by atoms with Crippen molar-refractivity contribution in [1.82, 2.24) is 10.4 Å². The molecule has 11 heteroatoms. The molecule has 0 unspecified atom stereocenters. The maximum atomic E-state index is 11.8. The van der Waals surface area contributed by atoms with Crippen molar-refractivity contribution < 1.29 is 33.8 Å². The van der Waals surface area contributed by atoms with Gasteiger partial charge in [-0.3, -0.25) is 9.59 Å². The number of carbonyl (C=O) groups is 3. The first-order valence-corrected chi connectivity index (χ1v) is 7.20. The molecule has 2 atom stereocenters. The number of carbonyl (C=O) groups excluding carboxylic acids is 2. The molecule has 20 heavy (non-hydrogen) atoms. The topological polar surface area (TPSA) is 179 Å². The second kappa shape index (κ2) is 7.34. The van der Waals surface area contributed by atoms with Gasteiger partial charge in [0.25, 0.3) is 0 Å². The smallest absolute Gasteiger partial charge is 0.401 e. The number of hydrogen-bond donors (Lipinski definition) is 6. The lowest BCUT2D eigenvalue weighted by Gasteiger charge is -2.23. The third-order valence-corrected chi connectivity index (χ3v) is 2.89. The predicted molar refractivity (Wildman–Crippen MR) is 67.2 cm³/mol. The van der Waals surface area contributed by atoms with Crippen molar-refractivity contribution in [2.75, 3.05) is 0 Å². The highest BCUT2D eigenvalue weighted by Crippen LogP contribution is 2.30. The minimum atomic E-state index is -4.67. The van der Waals surface area contributed by atoms with Gasteiger partial charge in [0.15, 0.2) is 0 Å². The van der Waals surface area contributed by atoms with E-state index in [0.717, 1.165) is 0 Å².